The molecule has 0 bridgehead atoms. The lowest BCUT2D eigenvalue weighted by Crippen LogP contribution is -2.22. The van der Waals surface area contributed by atoms with E-state index < -0.39 is 0 Å². The zero-order chi connectivity index (χ0) is 12.3. The third-order valence-electron chi connectivity index (χ3n) is 2.37. The van der Waals surface area contributed by atoms with Crippen molar-refractivity contribution in [3.63, 3.8) is 0 Å². The van der Waals surface area contributed by atoms with Crippen molar-refractivity contribution in [1.29, 1.82) is 0 Å². The van der Waals surface area contributed by atoms with E-state index >= 15 is 0 Å². The van der Waals surface area contributed by atoms with E-state index in [1.807, 2.05) is 13.0 Å². The average molecular weight is 295 g/mol. The molecule has 5 heteroatoms. The van der Waals surface area contributed by atoms with Crippen LogP contribution in [0, 0.1) is 6.92 Å². The highest BCUT2D eigenvalue weighted by Gasteiger charge is 2.10. The van der Waals surface area contributed by atoms with E-state index in [0.29, 0.717) is 17.0 Å². The van der Waals surface area contributed by atoms with Gasteiger partial charge in [-0.2, -0.15) is 0 Å². The number of rotatable bonds is 3. The SMILES string of the molecule is Cc1cnccc1CNC(=O)c1ccc(Br)o1. The normalized spacial score (nSPS) is 10.2. The number of aromatic nitrogens is 1. The third-order valence-corrected chi connectivity index (χ3v) is 2.80. The summed E-state index contributed by atoms with van der Waals surface area (Å²) in [5.41, 5.74) is 2.09. The first-order chi connectivity index (χ1) is 8.16. The summed E-state index contributed by atoms with van der Waals surface area (Å²) in [5, 5.41) is 2.79. The van der Waals surface area contributed by atoms with E-state index in [2.05, 4.69) is 26.2 Å². The number of carbonyl (C=O) groups excluding carboxylic acids is 1. The number of furan rings is 1. The van der Waals surface area contributed by atoms with Crippen molar-refractivity contribution in [2.75, 3.05) is 0 Å². The van der Waals surface area contributed by atoms with Crippen LogP contribution in [0.3, 0.4) is 0 Å². The number of halogens is 1. The Balaban J connectivity index is 1.99. The lowest BCUT2D eigenvalue weighted by molar-refractivity contribution is 0.0922. The molecule has 2 rings (SSSR count). The Morgan fingerprint density at radius 1 is 1.47 bits per heavy atom. The van der Waals surface area contributed by atoms with Crippen LogP contribution in [0.2, 0.25) is 0 Å². The molecule has 0 fully saturated rings. The third kappa shape index (κ3) is 2.94. The van der Waals surface area contributed by atoms with Crippen molar-refractivity contribution in [1.82, 2.24) is 10.3 Å². The molecule has 0 saturated heterocycles. The van der Waals surface area contributed by atoms with Gasteiger partial charge in [-0.1, -0.05) is 0 Å². The number of carbonyl (C=O) groups is 1. The average Bonchev–Trinajstić information content (AvgIpc) is 2.74. The van der Waals surface area contributed by atoms with Gasteiger partial charge in [0, 0.05) is 18.9 Å². The molecular formula is C12H11BrN2O2. The van der Waals surface area contributed by atoms with Crippen LogP contribution in [-0.4, -0.2) is 10.9 Å². The molecule has 0 aliphatic carbocycles. The maximum absolute atomic E-state index is 11.7. The van der Waals surface area contributed by atoms with Gasteiger partial charge in [0.2, 0.25) is 0 Å². The Kier molecular flexibility index (Phi) is 3.58. The van der Waals surface area contributed by atoms with E-state index in [1.165, 1.54) is 0 Å². The van der Waals surface area contributed by atoms with Crippen molar-refractivity contribution in [3.05, 3.63) is 52.1 Å². The van der Waals surface area contributed by atoms with Gasteiger partial charge in [-0.3, -0.25) is 9.78 Å². The number of hydrogen-bond acceptors (Lipinski definition) is 3. The van der Waals surface area contributed by atoms with Gasteiger partial charge in [0.25, 0.3) is 5.91 Å². The predicted molar refractivity (Wildman–Crippen MR) is 66.6 cm³/mol. The van der Waals surface area contributed by atoms with Crippen molar-refractivity contribution in [3.8, 4) is 0 Å². The fourth-order valence-electron chi connectivity index (χ4n) is 1.40. The minimum atomic E-state index is -0.230. The van der Waals surface area contributed by atoms with Gasteiger partial charge in [-0.05, 0) is 52.2 Å². The van der Waals surface area contributed by atoms with Crippen LogP contribution in [-0.2, 0) is 6.54 Å². The van der Waals surface area contributed by atoms with Gasteiger partial charge in [-0.15, -0.1) is 0 Å². The summed E-state index contributed by atoms with van der Waals surface area (Å²) < 4.78 is 5.70. The van der Waals surface area contributed by atoms with Crippen LogP contribution in [0.25, 0.3) is 0 Å². The van der Waals surface area contributed by atoms with Crippen LogP contribution < -0.4 is 5.32 Å². The molecule has 0 saturated carbocycles. The maximum atomic E-state index is 11.7. The summed E-state index contributed by atoms with van der Waals surface area (Å²) in [5.74, 6) is 0.0653. The highest BCUT2D eigenvalue weighted by Crippen LogP contribution is 2.14. The quantitative estimate of drug-likeness (QED) is 0.947. The molecule has 2 aromatic heterocycles. The summed E-state index contributed by atoms with van der Waals surface area (Å²) in [6, 6.07) is 5.19. The largest absolute Gasteiger partial charge is 0.444 e. The second kappa shape index (κ2) is 5.14. The lowest BCUT2D eigenvalue weighted by atomic mass is 10.1. The van der Waals surface area contributed by atoms with Gasteiger partial charge < -0.3 is 9.73 Å². The maximum Gasteiger partial charge on any atom is 0.287 e. The summed E-state index contributed by atoms with van der Waals surface area (Å²) in [6.07, 6.45) is 3.48. The van der Waals surface area contributed by atoms with Gasteiger partial charge in [-0.25, -0.2) is 0 Å². The topological polar surface area (TPSA) is 55.1 Å². The summed E-state index contributed by atoms with van der Waals surface area (Å²) >= 11 is 3.15. The van der Waals surface area contributed by atoms with Crippen molar-refractivity contribution < 1.29 is 9.21 Å². The highest BCUT2D eigenvalue weighted by atomic mass is 79.9. The number of hydrogen-bond donors (Lipinski definition) is 1. The minimum Gasteiger partial charge on any atom is -0.444 e. The molecule has 0 spiro atoms. The Morgan fingerprint density at radius 2 is 2.29 bits per heavy atom. The molecule has 17 heavy (non-hydrogen) atoms. The van der Waals surface area contributed by atoms with Gasteiger partial charge in [0.15, 0.2) is 10.4 Å². The predicted octanol–water partition coefficient (Wildman–Crippen LogP) is 2.68. The van der Waals surface area contributed by atoms with E-state index in [4.69, 9.17) is 4.42 Å². The molecular weight excluding hydrogens is 284 g/mol. The highest BCUT2D eigenvalue weighted by molar-refractivity contribution is 9.10. The number of amides is 1. The summed E-state index contributed by atoms with van der Waals surface area (Å²) in [7, 11) is 0. The Morgan fingerprint density at radius 3 is 2.94 bits per heavy atom. The fourth-order valence-corrected chi connectivity index (χ4v) is 1.71. The van der Waals surface area contributed by atoms with Gasteiger partial charge in [0.05, 0.1) is 0 Å². The van der Waals surface area contributed by atoms with Crippen LogP contribution in [0.5, 0.6) is 0 Å². The molecule has 1 amide bonds. The molecule has 2 heterocycles. The molecule has 0 radical (unpaired) electrons. The van der Waals surface area contributed by atoms with Crippen molar-refractivity contribution >= 4 is 21.8 Å². The number of pyridine rings is 1. The molecule has 0 aliphatic rings. The van der Waals surface area contributed by atoms with Gasteiger partial charge >= 0.3 is 0 Å². The molecule has 0 unspecified atom stereocenters. The second-order valence-corrected chi connectivity index (χ2v) is 4.37. The summed E-state index contributed by atoms with van der Waals surface area (Å²) in [4.78, 5) is 15.7. The number of aryl methyl sites for hydroxylation is 1. The molecule has 4 nitrogen and oxygen atoms in total. The molecule has 0 aromatic carbocycles. The van der Waals surface area contributed by atoms with E-state index in [0.717, 1.165) is 11.1 Å². The monoisotopic (exact) mass is 294 g/mol. The van der Waals surface area contributed by atoms with Gasteiger partial charge in [0.1, 0.15) is 0 Å². The Bertz CT molecular complexity index is 537. The molecule has 1 N–H and O–H groups in total. The van der Waals surface area contributed by atoms with Crippen LogP contribution in [0.15, 0.2) is 39.7 Å². The Hall–Kier alpha value is -1.62. The standard InChI is InChI=1S/C12H11BrN2O2/c1-8-6-14-5-4-9(8)7-15-12(16)10-2-3-11(13)17-10/h2-6H,7H2,1H3,(H,15,16). The lowest BCUT2D eigenvalue weighted by Gasteiger charge is -2.05. The van der Waals surface area contributed by atoms with Crippen molar-refractivity contribution in [2.45, 2.75) is 13.5 Å². The number of nitrogens with zero attached hydrogens (tertiary/aromatic N) is 1. The zero-order valence-corrected chi connectivity index (χ0v) is 10.8. The zero-order valence-electron chi connectivity index (χ0n) is 9.24. The fraction of sp³-hybridized carbons (Fsp3) is 0.167. The minimum absolute atomic E-state index is 0.230. The second-order valence-electron chi connectivity index (χ2n) is 3.59. The first-order valence-electron chi connectivity index (χ1n) is 5.10. The van der Waals surface area contributed by atoms with Crippen LogP contribution in [0.1, 0.15) is 21.7 Å². The van der Waals surface area contributed by atoms with Crippen molar-refractivity contribution in [2.24, 2.45) is 0 Å². The van der Waals surface area contributed by atoms with Crippen LogP contribution in [0.4, 0.5) is 0 Å². The number of nitrogens with one attached hydrogen (secondary N) is 1. The molecule has 0 atom stereocenters. The van der Waals surface area contributed by atoms with E-state index in [-0.39, 0.29) is 5.91 Å². The Labute approximate surface area is 107 Å². The smallest absolute Gasteiger partial charge is 0.287 e. The van der Waals surface area contributed by atoms with E-state index in [9.17, 15) is 4.79 Å². The molecule has 2 aromatic rings. The van der Waals surface area contributed by atoms with E-state index in [1.54, 1.807) is 24.5 Å². The first-order valence-corrected chi connectivity index (χ1v) is 5.89. The summed E-state index contributed by atoms with van der Waals surface area (Å²) in [6.45, 7) is 2.42. The first kappa shape index (κ1) is 11.9. The van der Waals surface area contributed by atoms with Crippen LogP contribution >= 0.6 is 15.9 Å². The molecule has 0 aliphatic heterocycles. The molecule has 88 valence electrons.